The van der Waals surface area contributed by atoms with E-state index in [1.165, 1.54) is 12.1 Å². The number of aromatic nitrogens is 2. The summed E-state index contributed by atoms with van der Waals surface area (Å²) in [6.07, 6.45) is 3.66. The number of amides is 2. The summed E-state index contributed by atoms with van der Waals surface area (Å²) in [6.45, 7) is 9.22. The van der Waals surface area contributed by atoms with Crippen LogP contribution in [0.2, 0.25) is 0 Å². The molecule has 2 aromatic heterocycles. The highest BCUT2D eigenvalue weighted by molar-refractivity contribution is 5.98. The number of anilines is 1. The van der Waals surface area contributed by atoms with Crippen LogP contribution in [0.15, 0.2) is 48.8 Å². The van der Waals surface area contributed by atoms with Crippen molar-refractivity contribution in [3.05, 3.63) is 88.5 Å². The number of carbonyl (C=O) groups is 2. The molecule has 0 radical (unpaired) electrons. The number of hydrogen-bond donors (Lipinski definition) is 1. The van der Waals surface area contributed by atoms with Crippen molar-refractivity contribution in [1.82, 2.24) is 25.1 Å². The third-order valence-electron chi connectivity index (χ3n) is 8.36. The zero-order valence-electron chi connectivity index (χ0n) is 23.5. The number of piperazine rings is 1. The fourth-order valence-electron chi connectivity index (χ4n) is 6.23. The lowest BCUT2D eigenvalue weighted by Crippen LogP contribution is -2.60. The fourth-order valence-corrected chi connectivity index (χ4v) is 6.23. The standard InChI is InChI=1S/C31H34F2N6O2/c1-19-14-37(23(13-35-19)15-38-16-26-24(30(38)41)5-4-8-34-26)17-28(40)39-18-31(2,3)29-27(39)10-20(12-36-29)9-21-6-7-22(32)11-25(21)33/h4-8,10-12,19,23,35H,9,13-18H2,1-3H3/t19?,23-/m1/s1. The highest BCUT2D eigenvalue weighted by Crippen LogP contribution is 2.40. The quantitative estimate of drug-likeness (QED) is 0.499. The molecule has 2 atom stereocenters. The number of halogens is 2. The molecule has 41 heavy (non-hydrogen) atoms. The van der Waals surface area contributed by atoms with Gasteiger partial charge in [-0.2, -0.15) is 0 Å². The molecule has 3 aromatic rings. The van der Waals surface area contributed by atoms with Crippen molar-refractivity contribution in [2.24, 2.45) is 0 Å². The number of fused-ring (bicyclic) bond motifs is 2. The van der Waals surface area contributed by atoms with Gasteiger partial charge in [0.15, 0.2) is 0 Å². The molecule has 214 valence electrons. The van der Waals surface area contributed by atoms with Crippen molar-refractivity contribution in [3.63, 3.8) is 0 Å². The highest BCUT2D eigenvalue weighted by atomic mass is 19.1. The first-order valence-corrected chi connectivity index (χ1v) is 14.0. The zero-order chi connectivity index (χ0) is 28.9. The molecule has 1 unspecified atom stereocenters. The Morgan fingerprint density at radius 2 is 2.00 bits per heavy atom. The van der Waals surface area contributed by atoms with E-state index >= 15 is 0 Å². The number of hydrogen-bond acceptors (Lipinski definition) is 6. The average Bonchev–Trinajstić information content (AvgIpc) is 3.39. The predicted octanol–water partition coefficient (Wildman–Crippen LogP) is 3.29. The van der Waals surface area contributed by atoms with E-state index in [1.54, 1.807) is 23.4 Å². The molecule has 10 heteroatoms. The van der Waals surface area contributed by atoms with Crippen molar-refractivity contribution < 1.29 is 18.4 Å². The molecule has 2 amide bonds. The molecule has 1 N–H and O–H groups in total. The SMILES string of the molecule is CC1CN(CC(=O)N2CC(C)(C)c3ncc(Cc4ccc(F)cc4F)cc32)[C@@H](CN2Cc3ncccc3C2=O)CN1. The molecule has 0 bridgehead atoms. The van der Waals surface area contributed by atoms with Gasteiger partial charge in [-0.15, -0.1) is 0 Å². The molecular formula is C31H34F2N6O2. The van der Waals surface area contributed by atoms with Crippen LogP contribution in [-0.4, -0.2) is 76.4 Å². The van der Waals surface area contributed by atoms with Gasteiger partial charge in [-0.25, -0.2) is 8.78 Å². The highest BCUT2D eigenvalue weighted by Gasteiger charge is 2.41. The Kier molecular flexibility index (Phi) is 7.07. The molecule has 1 fully saturated rings. The van der Waals surface area contributed by atoms with Gasteiger partial charge < -0.3 is 15.1 Å². The number of carbonyl (C=O) groups excluding carboxylic acids is 2. The summed E-state index contributed by atoms with van der Waals surface area (Å²) < 4.78 is 27.8. The van der Waals surface area contributed by atoms with Gasteiger partial charge in [-0.05, 0) is 42.3 Å². The normalized spacial score (nSPS) is 21.7. The molecule has 3 aliphatic heterocycles. The van der Waals surface area contributed by atoms with E-state index in [1.807, 2.05) is 17.0 Å². The van der Waals surface area contributed by atoms with Gasteiger partial charge >= 0.3 is 0 Å². The van der Waals surface area contributed by atoms with Crippen LogP contribution >= 0.6 is 0 Å². The Bertz CT molecular complexity index is 1510. The van der Waals surface area contributed by atoms with Crippen LogP contribution in [0.5, 0.6) is 0 Å². The Morgan fingerprint density at radius 1 is 1.17 bits per heavy atom. The lowest BCUT2D eigenvalue weighted by atomic mass is 9.91. The minimum absolute atomic E-state index is 0.0237. The average molecular weight is 561 g/mol. The summed E-state index contributed by atoms with van der Waals surface area (Å²) in [5, 5.41) is 3.50. The monoisotopic (exact) mass is 560 g/mol. The molecule has 0 saturated carbocycles. The third kappa shape index (κ3) is 5.34. The number of nitrogens with one attached hydrogen (secondary N) is 1. The summed E-state index contributed by atoms with van der Waals surface area (Å²) in [7, 11) is 0. The lowest BCUT2D eigenvalue weighted by molar-refractivity contribution is -0.120. The molecule has 8 nitrogen and oxygen atoms in total. The molecule has 1 aromatic carbocycles. The largest absolute Gasteiger partial charge is 0.331 e. The second-order valence-electron chi connectivity index (χ2n) is 12.1. The van der Waals surface area contributed by atoms with Crippen molar-refractivity contribution in [1.29, 1.82) is 0 Å². The Hall–Kier alpha value is -3.76. The topological polar surface area (TPSA) is 81.7 Å². The van der Waals surface area contributed by atoms with E-state index in [-0.39, 0.29) is 42.3 Å². The van der Waals surface area contributed by atoms with Gasteiger partial charge in [0.05, 0.1) is 35.7 Å². The smallest absolute Gasteiger partial charge is 0.256 e. The molecule has 5 heterocycles. The predicted molar refractivity (Wildman–Crippen MR) is 151 cm³/mol. The van der Waals surface area contributed by atoms with Crippen LogP contribution in [0.3, 0.4) is 0 Å². The molecule has 0 aliphatic carbocycles. The van der Waals surface area contributed by atoms with E-state index in [0.29, 0.717) is 43.9 Å². The summed E-state index contributed by atoms with van der Waals surface area (Å²) in [5.74, 6) is -1.29. The maximum absolute atomic E-state index is 14.4. The van der Waals surface area contributed by atoms with Crippen LogP contribution in [0.25, 0.3) is 0 Å². The van der Waals surface area contributed by atoms with Crippen molar-refractivity contribution >= 4 is 17.5 Å². The minimum Gasteiger partial charge on any atom is -0.331 e. The van der Waals surface area contributed by atoms with Gasteiger partial charge in [-0.3, -0.25) is 24.5 Å². The molecule has 6 rings (SSSR count). The number of rotatable bonds is 6. The van der Waals surface area contributed by atoms with E-state index < -0.39 is 11.6 Å². The minimum atomic E-state index is -0.618. The summed E-state index contributed by atoms with van der Waals surface area (Å²) in [5.41, 5.74) is 3.77. The molecular weight excluding hydrogens is 526 g/mol. The van der Waals surface area contributed by atoms with Crippen LogP contribution in [0.1, 0.15) is 53.6 Å². The summed E-state index contributed by atoms with van der Waals surface area (Å²) in [6, 6.07) is 9.23. The second kappa shape index (κ2) is 10.6. The van der Waals surface area contributed by atoms with Crippen molar-refractivity contribution in [2.45, 2.75) is 51.2 Å². The van der Waals surface area contributed by atoms with Gasteiger partial charge in [-0.1, -0.05) is 19.9 Å². The first-order valence-electron chi connectivity index (χ1n) is 14.0. The van der Waals surface area contributed by atoms with Gasteiger partial charge in [0.2, 0.25) is 5.91 Å². The van der Waals surface area contributed by atoms with Crippen LogP contribution in [0.4, 0.5) is 14.5 Å². The van der Waals surface area contributed by atoms with Crippen LogP contribution in [0, 0.1) is 11.6 Å². The fraction of sp³-hybridized carbons (Fsp3) is 0.419. The number of pyridine rings is 2. The van der Waals surface area contributed by atoms with Crippen molar-refractivity contribution in [3.8, 4) is 0 Å². The van der Waals surface area contributed by atoms with Gasteiger partial charge in [0, 0.05) is 68.6 Å². The number of benzene rings is 1. The zero-order valence-corrected chi connectivity index (χ0v) is 23.5. The van der Waals surface area contributed by atoms with Crippen LogP contribution in [-0.2, 0) is 23.2 Å². The van der Waals surface area contributed by atoms with Gasteiger partial charge in [0.25, 0.3) is 5.91 Å². The summed E-state index contributed by atoms with van der Waals surface area (Å²) in [4.78, 5) is 41.7. The summed E-state index contributed by atoms with van der Waals surface area (Å²) >= 11 is 0. The number of nitrogens with zero attached hydrogens (tertiary/aromatic N) is 5. The molecule has 3 aliphatic rings. The Morgan fingerprint density at radius 3 is 2.78 bits per heavy atom. The van der Waals surface area contributed by atoms with Crippen LogP contribution < -0.4 is 10.2 Å². The molecule has 0 spiro atoms. The van der Waals surface area contributed by atoms with E-state index in [2.05, 4.69) is 36.0 Å². The van der Waals surface area contributed by atoms with Crippen molar-refractivity contribution in [2.75, 3.05) is 37.6 Å². The third-order valence-corrected chi connectivity index (χ3v) is 8.36. The maximum atomic E-state index is 14.4. The van der Waals surface area contributed by atoms with E-state index in [0.717, 1.165) is 28.7 Å². The lowest BCUT2D eigenvalue weighted by Gasteiger charge is -2.41. The second-order valence-corrected chi connectivity index (χ2v) is 12.1. The van der Waals surface area contributed by atoms with E-state index in [9.17, 15) is 18.4 Å². The Balaban J connectivity index is 1.20. The maximum Gasteiger partial charge on any atom is 0.256 e. The van der Waals surface area contributed by atoms with Gasteiger partial charge in [0.1, 0.15) is 11.6 Å². The first kappa shape index (κ1) is 27.4. The Labute approximate surface area is 238 Å². The first-order chi connectivity index (χ1) is 19.6. The van der Waals surface area contributed by atoms with E-state index in [4.69, 9.17) is 4.98 Å². The molecule has 1 saturated heterocycles.